The van der Waals surface area contributed by atoms with Crippen molar-refractivity contribution in [2.45, 2.75) is 19.3 Å². The van der Waals surface area contributed by atoms with Gasteiger partial charge in [0.1, 0.15) is 0 Å². The van der Waals surface area contributed by atoms with Gasteiger partial charge in [0.15, 0.2) is 0 Å². The quantitative estimate of drug-likeness (QED) is 0.167. The molecule has 0 atom stereocenters. The zero-order chi connectivity index (χ0) is 36.7. The fraction of sp³-hybridized carbons (Fsp3) is 0.0556. The molecule has 9 aromatic carbocycles. The van der Waals surface area contributed by atoms with Crippen LogP contribution in [0.1, 0.15) is 25.0 Å². The van der Waals surface area contributed by atoms with Crippen LogP contribution in [0.3, 0.4) is 0 Å². The smallest absolute Gasteiger partial charge is 0.0728 e. The van der Waals surface area contributed by atoms with Gasteiger partial charge in [-0.15, -0.1) is 0 Å². The van der Waals surface area contributed by atoms with Crippen LogP contribution in [0.15, 0.2) is 188 Å². The molecule has 1 heterocycles. The number of fused-ring (bicyclic) bond motifs is 7. The van der Waals surface area contributed by atoms with Gasteiger partial charge in [0.25, 0.3) is 0 Å². The topological polar surface area (TPSA) is 12.9 Å². The summed E-state index contributed by atoms with van der Waals surface area (Å²) in [7, 11) is 0. The van der Waals surface area contributed by atoms with E-state index in [4.69, 9.17) is 4.98 Å². The van der Waals surface area contributed by atoms with E-state index in [9.17, 15) is 0 Å². The lowest BCUT2D eigenvalue weighted by Gasteiger charge is -2.23. The maximum atomic E-state index is 5.46. The Balaban J connectivity index is 1.28. The van der Waals surface area contributed by atoms with Crippen molar-refractivity contribution in [3.8, 4) is 55.8 Å². The van der Waals surface area contributed by atoms with E-state index >= 15 is 0 Å². The Morgan fingerprint density at radius 3 is 1.82 bits per heavy atom. The van der Waals surface area contributed by atoms with Gasteiger partial charge in [-0.1, -0.05) is 178 Å². The van der Waals surface area contributed by atoms with E-state index in [1.807, 2.05) is 0 Å². The lowest BCUT2D eigenvalue weighted by molar-refractivity contribution is 0.660. The second-order valence-electron chi connectivity index (χ2n) is 15.5. The number of aromatic nitrogens is 1. The monoisotopic (exact) mass is 699 g/mol. The van der Waals surface area contributed by atoms with Crippen molar-refractivity contribution in [2.24, 2.45) is 0 Å². The number of benzene rings is 9. The summed E-state index contributed by atoms with van der Waals surface area (Å²) in [6.07, 6.45) is 0. The zero-order valence-corrected chi connectivity index (χ0v) is 30.8. The Morgan fingerprint density at radius 2 is 0.964 bits per heavy atom. The molecule has 0 saturated carbocycles. The number of para-hydroxylation sites is 1. The van der Waals surface area contributed by atoms with Crippen LogP contribution in [0.4, 0.5) is 0 Å². The third kappa shape index (κ3) is 4.83. The molecular weight excluding hydrogens is 663 g/mol. The van der Waals surface area contributed by atoms with Gasteiger partial charge in [0.2, 0.25) is 0 Å². The summed E-state index contributed by atoms with van der Waals surface area (Å²) in [5.41, 5.74) is 15.8. The first-order chi connectivity index (χ1) is 27.0. The van der Waals surface area contributed by atoms with Gasteiger partial charge in [-0.2, -0.15) is 0 Å². The molecule has 1 heteroatoms. The van der Waals surface area contributed by atoms with Crippen molar-refractivity contribution in [2.75, 3.05) is 0 Å². The van der Waals surface area contributed by atoms with E-state index in [1.165, 1.54) is 88.0 Å². The maximum Gasteiger partial charge on any atom is 0.0728 e. The molecule has 55 heavy (non-hydrogen) atoms. The van der Waals surface area contributed by atoms with Crippen molar-refractivity contribution < 1.29 is 0 Å². The standard InChI is InChI=1S/C54H37N/c1-54(2)47-24-12-10-22-43(47)52-44(23-14-25-48(52)54)51-40-20-8-9-21-41(40)53(50-33-45(35-16-4-3-5-17-35)39-19-11-13-26-49(39)55-50)42-30-29-38(32-46(42)51)37-28-27-34-15-6-7-18-36(34)31-37/h3-33H,1-2H3. The second-order valence-corrected chi connectivity index (χ2v) is 15.5. The van der Waals surface area contributed by atoms with Crippen LogP contribution in [0.25, 0.3) is 99.0 Å². The Kier molecular flexibility index (Phi) is 6.97. The van der Waals surface area contributed by atoms with E-state index in [2.05, 4.69) is 202 Å². The molecule has 11 rings (SSSR count). The molecule has 0 N–H and O–H groups in total. The minimum atomic E-state index is -0.105. The van der Waals surface area contributed by atoms with Crippen molar-refractivity contribution in [3.63, 3.8) is 0 Å². The number of hydrogen-bond acceptors (Lipinski definition) is 1. The normalized spacial score (nSPS) is 13.1. The zero-order valence-electron chi connectivity index (χ0n) is 30.8. The third-order valence-corrected chi connectivity index (χ3v) is 12.0. The first kappa shape index (κ1) is 31.7. The molecule has 0 amide bonds. The van der Waals surface area contributed by atoms with E-state index < -0.39 is 0 Å². The summed E-state index contributed by atoms with van der Waals surface area (Å²) in [6, 6.07) is 69.1. The lowest BCUT2D eigenvalue weighted by Crippen LogP contribution is -2.14. The predicted molar refractivity (Wildman–Crippen MR) is 234 cm³/mol. The highest BCUT2D eigenvalue weighted by atomic mass is 14.7. The Morgan fingerprint density at radius 1 is 0.345 bits per heavy atom. The van der Waals surface area contributed by atoms with Gasteiger partial charge in [0, 0.05) is 16.4 Å². The first-order valence-electron chi connectivity index (χ1n) is 19.2. The summed E-state index contributed by atoms with van der Waals surface area (Å²) >= 11 is 0. The molecule has 1 aliphatic carbocycles. The number of rotatable bonds is 4. The molecule has 1 aromatic heterocycles. The molecule has 0 radical (unpaired) electrons. The van der Waals surface area contributed by atoms with Crippen LogP contribution in [-0.2, 0) is 5.41 Å². The summed E-state index contributed by atoms with van der Waals surface area (Å²) in [4.78, 5) is 5.46. The van der Waals surface area contributed by atoms with Crippen molar-refractivity contribution in [1.29, 1.82) is 0 Å². The average molecular weight is 700 g/mol. The van der Waals surface area contributed by atoms with Gasteiger partial charge in [-0.3, -0.25) is 0 Å². The fourth-order valence-electron chi connectivity index (χ4n) is 9.42. The summed E-state index contributed by atoms with van der Waals surface area (Å²) in [6.45, 7) is 4.74. The van der Waals surface area contributed by atoms with Gasteiger partial charge in [0.05, 0.1) is 11.2 Å². The van der Waals surface area contributed by atoms with Crippen LogP contribution in [0, 0.1) is 0 Å². The van der Waals surface area contributed by atoms with Gasteiger partial charge >= 0.3 is 0 Å². The number of nitrogens with zero attached hydrogens (tertiary/aromatic N) is 1. The van der Waals surface area contributed by atoms with Gasteiger partial charge in [-0.05, 0) is 112 Å². The molecule has 10 aromatic rings. The number of hydrogen-bond donors (Lipinski definition) is 0. The van der Waals surface area contributed by atoms with Crippen molar-refractivity contribution in [1.82, 2.24) is 4.98 Å². The molecule has 0 spiro atoms. The van der Waals surface area contributed by atoms with E-state index in [1.54, 1.807) is 0 Å². The van der Waals surface area contributed by atoms with E-state index in [-0.39, 0.29) is 5.41 Å². The van der Waals surface area contributed by atoms with E-state index in [0.717, 1.165) is 22.2 Å². The van der Waals surface area contributed by atoms with Crippen LogP contribution >= 0.6 is 0 Å². The highest BCUT2D eigenvalue weighted by Gasteiger charge is 2.37. The summed E-state index contributed by atoms with van der Waals surface area (Å²) < 4.78 is 0. The molecule has 0 unspecified atom stereocenters. The molecule has 1 nitrogen and oxygen atoms in total. The predicted octanol–water partition coefficient (Wildman–Crippen LogP) is 14.7. The summed E-state index contributed by atoms with van der Waals surface area (Å²) in [5.74, 6) is 0. The minimum Gasteiger partial charge on any atom is -0.248 e. The lowest BCUT2D eigenvalue weighted by atomic mass is 9.80. The Hall–Kier alpha value is -6.83. The minimum absolute atomic E-state index is 0.105. The van der Waals surface area contributed by atoms with Crippen molar-refractivity contribution >= 4 is 43.2 Å². The molecule has 0 fully saturated rings. The van der Waals surface area contributed by atoms with Gasteiger partial charge in [-0.25, -0.2) is 4.98 Å². The highest BCUT2D eigenvalue weighted by Crippen LogP contribution is 2.54. The Bertz CT molecular complexity index is 3170. The van der Waals surface area contributed by atoms with Gasteiger partial charge < -0.3 is 0 Å². The second kappa shape index (κ2) is 12.1. The first-order valence-corrected chi connectivity index (χ1v) is 19.2. The van der Waals surface area contributed by atoms with Crippen LogP contribution in [0.5, 0.6) is 0 Å². The molecule has 258 valence electrons. The highest BCUT2D eigenvalue weighted by molar-refractivity contribution is 6.23. The number of pyridine rings is 1. The summed E-state index contributed by atoms with van der Waals surface area (Å²) in [5, 5.41) is 8.50. The molecule has 0 aliphatic heterocycles. The van der Waals surface area contributed by atoms with Crippen LogP contribution in [-0.4, -0.2) is 4.98 Å². The average Bonchev–Trinajstić information content (AvgIpc) is 3.48. The van der Waals surface area contributed by atoms with Crippen LogP contribution < -0.4 is 0 Å². The maximum absolute atomic E-state index is 5.46. The molecule has 1 aliphatic rings. The molecule has 0 saturated heterocycles. The Labute approximate surface area is 321 Å². The van der Waals surface area contributed by atoms with Crippen molar-refractivity contribution in [3.05, 3.63) is 199 Å². The molecular formula is C54H37N. The SMILES string of the molecule is CC1(C)c2ccccc2-c2c(-c3c4ccccc4c(-c4cc(-c5ccccc5)c5ccccc5n4)c4ccc(-c5ccc6ccccc6c5)cc34)cccc21. The van der Waals surface area contributed by atoms with Crippen LogP contribution in [0.2, 0.25) is 0 Å². The molecule has 0 bridgehead atoms. The largest absolute Gasteiger partial charge is 0.248 e. The fourth-order valence-corrected chi connectivity index (χ4v) is 9.42. The third-order valence-electron chi connectivity index (χ3n) is 12.0. The van der Waals surface area contributed by atoms with E-state index in [0.29, 0.717) is 0 Å².